The van der Waals surface area contributed by atoms with Gasteiger partial charge in [-0.25, -0.2) is 0 Å². The van der Waals surface area contributed by atoms with E-state index in [-0.39, 0.29) is 11.9 Å². The Morgan fingerprint density at radius 3 is 2.68 bits per heavy atom. The van der Waals surface area contributed by atoms with Crippen LogP contribution in [0.1, 0.15) is 18.4 Å². The van der Waals surface area contributed by atoms with Crippen molar-refractivity contribution in [3.63, 3.8) is 0 Å². The second-order valence-corrected chi connectivity index (χ2v) is 9.09. The third kappa shape index (κ3) is 4.25. The summed E-state index contributed by atoms with van der Waals surface area (Å²) in [6.07, 6.45) is 3.93. The van der Waals surface area contributed by atoms with Crippen molar-refractivity contribution in [2.45, 2.75) is 25.4 Å². The maximum atomic E-state index is 12.7. The van der Waals surface area contributed by atoms with E-state index in [9.17, 15) is 4.79 Å². The predicted octanol–water partition coefficient (Wildman–Crippen LogP) is 3.79. The summed E-state index contributed by atoms with van der Waals surface area (Å²) in [5, 5.41) is 10.2. The van der Waals surface area contributed by atoms with Crippen LogP contribution < -0.4 is 10.2 Å². The van der Waals surface area contributed by atoms with Crippen molar-refractivity contribution in [1.29, 1.82) is 0 Å². The van der Waals surface area contributed by atoms with Gasteiger partial charge < -0.3 is 15.1 Å². The zero-order valence-electron chi connectivity index (χ0n) is 17.2. The Kier molecular flexibility index (Phi) is 5.78. The van der Waals surface area contributed by atoms with Crippen LogP contribution in [0.15, 0.2) is 42.6 Å². The molecule has 2 aliphatic heterocycles. The zero-order chi connectivity index (χ0) is 21.4. The lowest BCUT2D eigenvalue weighted by Gasteiger charge is -2.37. The smallest absolute Gasteiger partial charge is 0.239 e. The van der Waals surface area contributed by atoms with Gasteiger partial charge in [0.1, 0.15) is 0 Å². The molecule has 1 atom stereocenters. The van der Waals surface area contributed by atoms with Gasteiger partial charge in [0.15, 0.2) is 0 Å². The summed E-state index contributed by atoms with van der Waals surface area (Å²) < 4.78 is 1.97. The highest BCUT2D eigenvalue weighted by atomic mass is 35.5. The first kappa shape index (κ1) is 20.6. The molecule has 2 saturated heterocycles. The van der Waals surface area contributed by atoms with Crippen LogP contribution in [0, 0.1) is 0 Å². The monoisotopic (exact) mass is 457 g/mol. The fourth-order valence-corrected chi connectivity index (χ4v) is 4.96. The molecule has 2 aliphatic rings. The molecule has 0 spiro atoms. The standard InChI is InChI=1S/C23H25Cl2N5O/c24-18-5-3-17(20(25)12-18)15-30-22-13-19(6-4-16(22)14-27-30)28-8-10-29(11-9-28)23(31)21-2-1-7-26-21/h3-6,12-14,21,26H,1-2,7-11,15H2/t21-/m1/s1. The molecule has 0 bridgehead atoms. The van der Waals surface area contributed by atoms with E-state index in [2.05, 4.69) is 33.5 Å². The molecular formula is C23H25Cl2N5O. The Bertz CT molecular complexity index is 1100. The first-order valence-electron chi connectivity index (χ1n) is 10.7. The highest BCUT2D eigenvalue weighted by molar-refractivity contribution is 6.35. The molecule has 6 nitrogen and oxygen atoms in total. The van der Waals surface area contributed by atoms with Crippen LogP contribution in [0.25, 0.3) is 10.9 Å². The van der Waals surface area contributed by atoms with Gasteiger partial charge in [-0.15, -0.1) is 0 Å². The number of rotatable bonds is 4. The van der Waals surface area contributed by atoms with Crippen molar-refractivity contribution in [1.82, 2.24) is 20.0 Å². The fraction of sp³-hybridized carbons (Fsp3) is 0.391. The van der Waals surface area contributed by atoms with Crippen LogP contribution >= 0.6 is 23.2 Å². The van der Waals surface area contributed by atoms with E-state index in [4.69, 9.17) is 23.2 Å². The molecule has 1 N–H and O–H groups in total. The average molecular weight is 458 g/mol. The summed E-state index contributed by atoms with van der Waals surface area (Å²) in [6.45, 7) is 4.72. The molecule has 1 amide bonds. The number of nitrogens with zero attached hydrogens (tertiary/aromatic N) is 4. The number of nitrogens with one attached hydrogen (secondary N) is 1. The maximum Gasteiger partial charge on any atom is 0.239 e. The summed E-state index contributed by atoms with van der Waals surface area (Å²) in [5.41, 5.74) is 3.20. The number of piperazine rings is 1. The molecule has 0 radical (unpaired) electrons. The highest BCUT2D eigenvalue weighted by Crippen LogP contribution is 2.26. The van der Waals surface area contributed by atoms with Gasteiger partial charge in [-0.05, 0) is 55.3 Å². The van der Waals surface area contributed by atoms with Gasteiger partial charge in [-0.3, -0.25) is 9.48 Å². The van der Waals surface area contributed by atoms with Gasteiger partial charge >= 0.3 is 0 Å². The van der Waals surface area contributed by atoms with Crippen molar-refractivity contribution in [3.05, 3.63) is 58.2 Å². The van der Waals surface area contributed by atoms with Crippen molar-refractivity contribution in [2.75, 3.05) is 37.6 Å². The molecule has 31 heavy (non-hydrogen) atoms. The number of halogens is 2. The third-order valence-corrected chi connectivity index (χ3v) is 6.87. The zero-order valence-corrected chi connectivity index (χ0v) is 18.7. The van der Waals surface area contributed by atoms with Gasteiger partial charge in [0.2, 0.25) is 5.91 Å². The number of aromatic nitrogens is 2. The maximum absolute atomic E-state index is 12.7. The Hall–Kier alpha value is -2.28. The van der Waals surface area contributed by atoms with Gasteiger partial charge in [-0.2, -0.15) is 5.10 Å². The summed E-state index contributed by atoms with van der Waals surface area (Å²) in [5.74, 6) is 0.255. The van der Waals surface area contributed by atoms with Crippen molar-refractivity contribution in [2.24, 2.45) is 0 Å². The van der Waals surface area contributed by atoms with E-state index in [0.29, 0.717) is 16.6 Å². The number of carbonyl (C=O) groups excluding carboxylic acids is 1. The molecule has 162 valence electrons. The van der Waals surface area contributed by atoms with Gasteiger partial charge in [0.25, 0.3) is 0 Å². The van der Waals surface area contributed by atoms with E-state index in [1.165, 1.54) is 0 Å². The Morgan fingerprint density at radius 1 is 1.10 bits per heavy atom. The first-order valence-corrected chi connectivity index (χ1v) is 11.5. The minimum atomic E-state index is 0.0111. The first-order chi connectivity index (χ1) is 15.1. The Labute approximate surface area is 191 Å². The molecule has 8 heteroatoms. The van der Waals surface area contributed by atoms with Crippen LogP contribution in [0.3, 0.4) is 0 Å². The Morgan fingerprint density at radius 2 is 1.94 bits per heavy atom. The van der Waals surface area contributed by atoms with Crippen molar-refractivity contribution < 1.29 is 4.79 Å². The summed E-state index contributed by atoms with van der Waals surface area (Å²) in [4.78, 5) is 17.0. The average Bonchev–Trinajstić information content (AvgIpc) is 3.45. The molecule has 3 aromatic rings. The van der Waals surface area contributed by atoms with E-state index in [1.807, 2.05) is 27.9 Å². The minimum absolute atomic E-state index is 0.0111. The summed E-state index contributed by atoms with van der Waals surface area (Å²) in [7, 11) is 0. The van der Waals surface area contributed by atoms with Crippen LogP contribution in [-0.2, 0) is 11.3 Å². The SMILES string of the molecule is O=C([C@H]1CCCN1)N1CCN(c2ccc3cnn(Cc4ccc(Cl)cc4Cl)c3c2)CC1. The van der Waals surface area contributed by atoms with Gasteiger partial charge in [-0.1, -0.05) is 29.3 Å². The molecule has 3 heterocycles. The number of carbonyl (C=O) groups is 1. The highest BCUT2D eigenvalue weighted by Gasteiger charge is 2.29. The largest absolute Gasteiger partial charge is 0.368 e. The van der Waals surface area contributed by atoms with Gasteiger partial charge in [0, 0.05) is 47.3 Å². The summed E-state index contributed by atoms with van der Waals surface area (Å²) >= 11 is 12.4. The van der Waals surface area contributed by atoms with E-state index in [0.717, 1.165) is 67.7 Å². The van der Waals surface area contributed by atoms with Crippen LogP contribution in [-0.4, -0.2) is 59.4 Å². The van der Waals surface area contributed by atoms with E-state index >= 15 is 0 Å². The molecule has 0 unspecified atom stereocenters. The Balaban J connectivity index is 1.31. The molecule has 1 aromatic heterocycles. The number of hydrogen-bond donors (Lipinski definition) is 1. The number of benzene rings is 2. The molecule has 0 saturated carbocycles. The molecule has 2 aromatic carbocycles. The molecule has 0 aliphatic carbocycles. The number of anilines is 1. The molecule has 5 rings (SSSR count). The van der Waals surface area contributed by atoms with Crippen LogP contribution in [0.2, 0.25) is 10.0 Å². The summed E-state index contributed by atoms with van der Waals surface area (Å²) in [6, 6.07) is 12.0. The quantitative estimate of drug-likeness (QED) is 0.647. The third-order valence-electron chi connectivity index (χ3n) is 6.28. The van der Waals surface area contributed by atoms with Gasteiger partial charge in [0.05, 0.1) is 24.3 Å². The van der Waals surface area contributed by atoms with E-state index < -0.39 is 0 Å². The lowest BCUT2D eigenvalue weighted by molar-refractivity contribution is -0.133. The minimum Gasteiger partial charge on any atom is -0.368 e. The fourth-order valence-electron chi connectivity index (χ4n) is 4.49. The van der Waals surface area contributed by atoms with Crippen LogP contribution in [0.5, 0.6) is 0 Å². The van der Waals surface area contributed by atoms with Crippen LogP contribution in [0.4, 0.5) is 5.69 Å². The second-order valence-electron chi connectivity index (χ2n) is 8.24. The number of amides is 1. The molecule has 2 fully saturated rings. The lowest BCUT2D eigenvalue weighted by atomic mass is 10.1. The molecular weight excluding hydrogens is 433 g/mol. The normalized spacial score (nSPS) is 19.4. The predicted molar refractivity (Wildman–Crippen MR) is 125 cm³/mol. The lowest BCUT2D eigenvalue weighted by Crippen LogP contribution is -2.53. The topological polar surface area (TPSA) is 53.4 Å². The number of hydrogen-bond acceptors (Lipinski definition) is 4. The van der Waals surface area contributed by atoms with E-state index in [1.54, 1.807) is 6.07 Å². The van der Waals surface area contributed by atoms with Crippen molar-refractivity contribution >= 4 is 45.7 Å². The number of fused-ring (bicyclic) bond motifs is 1. The second kappa shape index (κ2) is 8.69. The van der Waals surface area contributed by atoms with Crippen molar-refractivity contribution in [3.8, 4) is 0 Å².